The van der Waals surface area contributed by atoms with Crippen molar-refractivity contribution < 1.29 is 13.6 Å². The Morgan fingerprint density at radius 2 is 1.58 bits per heavy atom. The van der Waals surface area contributed by atoms with E-state index in [4.69, 9.17) is 0 Å². The lowest BCUT2D eigenvalue weighted by Gasteiger charge is -2.17. The zero-order valence-corrected chi connectivity index (χ0v) is 14.0. The number of amides is 1. The molecule has 1 unspecified atom stereocenters. The lowest BCUT2D eigenvalue weighted by Crippen LogP contribution is -2.30. The van der Waals surface area contributed by atoms with E-state index in [0.717, 1.165) is 11.3 Å². The summed E-state index contributed by atoms with van der Waals surface area (Å²) in [5, 5.41) is 2.87. The number of aromatic nitrogens is 1. The van der Waals surface area contributed by atoms with E-state index >= 15 is 0 Å². The number of hydrogen-bond donors (Lipinski definition) is 1. The van der Waals surface area contributed by atoms with Crippen molar-refractivity contribution >= 4 is 5.91 Å². The Labute approximate surface area is 150 Å². The number of pyridine rings is 1. The average Bonchev–Trinajstić information content (AvgIpc) is 2.67. The van der Waals surface area contributed by atoms with Crippen LogP contribution in [-0.4, -0.2) is 10.9 Å². The molecule has 0 saturated heterocycles. The third-order valence-electron chi connectivity index (χ3n) is 4.11. The maximum Gasteiger partial charge on any atom is 0.228 e. The van der Waals surface area contributed by atoms with Crippen LogP contribution in [0.1, 0.15) is 22.7 Å². The van der Waals surface area contributed by atoms with Gasteiger partial charge in [0.2, 0.25) is 5.91 Å². The van der Waals surface area contributed by atoms with Gasteiger partial charge in [-0.2, -0.15) is 0 Å². The lowest BCUT2D eigenvalue weighted by molar-refractivity contribution is -0.122. The van der Waals surface area contributed by atoms with E-state index in [1.165, 1.54) is 24.3 Å². The number of nitrogens with zero attached hydrogens (tertiary/aromatic N) is 1. The van der Waals surface area contributed by atoms with Crippen molar-refractivity contribution in [2.45, 2.75) is 18.9 Å². The van der Waals surface area contributed by atoms with Gasteiger partial charge >= 0.3 is 0 Å². The topological polar surface area (TPSA) is 42.0 Å². The van der Waals surface area contributed by atoms with Gasteiger partial charge in [-0.3, -0.25) is 9.78 Å². The molecular formula is C21H18F2N2O. The van der Waals surface area contributed by atoms with Crippen LogP contribution in [0.25, 0.3) is 0 Å². The monoisotopic (exact) mass is 352 g/mol. The van der Waals surface area contributed by atoms with Crippen molar-refractivity contribution in [3.05, 3.63) is 101 Å². The van der Waals surface area contributed by atoms with E-state index in [-0.39, 0.29) is 17.5 Å². The highest BCUT2D eigenvalue weighted by Gasteiger charge is 2.21. The maximum atomic E-state index is 13.2. The summed E-state index contributed by atoms with van der Waals surface area (Å²) in [6, 6.07) is 17.4. The van der Waals surface area contributed by atoms with Gasteiger partial charge in [0.05, 0.1) is 18.2 Å². The Morgan fingerprint density at radius 3 is 2.19 bits per heavy atom. The lowest BCUT2D eigenvalue weighted by atomic mass is 9.91. The van der Waals surface area contributed by atoms with E-state index in [1.807, 2.05) is 12.1 Å². The van der Waals surface area contributed by atoms with Crippen LogP contribution < -0.4 is 5.32 Å². The smallest absolute Gasteiger partial charge is 0.228 e. The van der Waals surface area contributed by atoms with Crippen molar-refractivity contribution in [1.82, 2.24) is 10.3 Å². The molecular weight excluding hydrogens is 334 g/mol. The molecule has 5 heteroatoms. The molecule has 1 atom stereocenters. The Balaban J connectivity index is 1.78. The van der Waals surface area contributed by atoms with Crippen LogP contribution in [0.2, 0.25) is 0 Å². The van der Waals surface area contributed by atoms with Crippen LogP contribution in [0, 0.1) is 11.6 Å². The van der Waals surface area contributed by atoms with Crippen molar-refractivity contribution in [3.63, 3.8) is 0 Å². The first-order valence-electron chi connectivity index (χ1n) is 8.29. The summed E-state index contributed by atoms with van der Waals surface area (Å²) in [6.07, 6.45) is 2.05. The summed E-state index contributed by atoms with van der Waals surface area (Å²) in [5.41, 5.74) is 2.28. The molecule has 1 N–H and O–H groups in total. The second-order valence-corrected chi connectivity index (χ2v) is 5.97. The number of benzene rings is 2. The molecule has 3 nitrogen and oxygen atoms in total. The number of halogens is 2. The zero-order valence-electron chi connectivity index (χ0n) is 14.0. The fraction of sp³-hybridized carbons (Fsp3) is 0.143. The van der Waals surface area contributed by atoms with Gasteiger partial charge in [0.25, 0.3) is 0 Å². The summed E-state index contributed by atoms with van der Waals surface area (Å²) < 4.78 is 26.4. The number of carbonyl (C=O) groups excluding carboxylic acids is 1. The van der Waals surface area contributed by atoms with E-state index in [9.17, 15) is 13.6 Å². The second kappa shape index (κ2) is 8.34. The van der Waals surface area contributed by atoms with Crippen molar-refractivity contribution in [1.29, 1.82) is 0 Å². The van der Waals surface area contributed by atoms with Gasteiger partial charge in [-0.25, -0.2) is 8.78 Å². The van der Waals surface area contributed by atoms with Crippen LogP contribution in [0.5, 0.6) is 0 Å². The number of rotatable bonds is 6. The first-order valence-corrected chi connectivity index (χ1v) is 8.29. The zero-order chi connectivity index (χ0) is 18.4. The van der Waals surface area contributed by atoms with Crippen molar-refractivity contribution in [3.8, 4) is 0 Å². The van der Waals surface area contributed by atoms with Gasteiger partial charge < -0.3 is 5.32 Å². The summed E-state index contributed by atoms with van der Waals surface area (Å²) in [6.45, 7) is 0.306. The molecule has 0 bridgehead atoms. The molecule has 132 valence electrons. The van der Waals surface area contributed by atoms with E-state index in [0.29, 0.717) is 18.5 Å². The Morgan fingerprint density at radius 1 is 0.923 bits per heavy atom. The van der Waals surface area contributed by atoms with E-state index < -0.39 is 5.92 Å². The Hall–Kier alpha value is -3.08. The summed E-state index contributed by atoms with van der Waals surface area (Å²) >= 11 is 0. The summed E-state index contributed by atoms with van der Waals surface area (Å²) in [4.78, 5) is 16.9. The van der Waals surface area contributed by atoms with Gasteiger partial charge in [-0.15, -0.1) is 0 Å². The summed E-state index contributed by atoms with van der Waals surface area (Å²) in [5.74, 6) is -1.38. The number of hydrogen-bond acceptors (Lipinski definition) is 2. The minimum absolute atomic E-state index is 0.188. The highest BCUT2D eigenvalue weighted by Crippen LogP contribution is 2.22. The van der Waals surface area contributed by atoms with Crippen LogP contribution in [0.4, 0.5) is 8.78 Å². The van der Waals surface area contributed by atoms with Crippen LogP contribution >= 0.6 is 0 Å². The fourth-order valence-electron chi connectivity index (χ4n) is 2.72. The molecule has 26 heavy (non-hydrogen) atoms. The molecule has 0 aliphatic carbocycles. The first kappa shape index (κ1) is 17.7. The predicted octanol–water partition coefficient (Wildman–Crippen LogP) is 4.00. The maximum absolute atomic E-state index is 13.2. The van der Waals surface area contributed by atoms with Gasteiger partial charge in [-0.1, -0.05) is 30.3 Å². The molecule has 3 rings (SSSR count). The molecule has 0 aliphatic rings. The molecule has 1 aromatic heterocycles. The fourth-order valence-corrected chi connectivity index (χ4v) is 2.72. The molecule has 1 amide bonds. The molecule has 2 aromatic carbocycles. The Kier molecular flexibility index (Phi) is 5.69. The Bertz CT molecular complexity index is 849. The third kappa shape index (κ3) is 4.72. The van der Waals surface area contributed by atoms with Gasteiger partial charge in [-0.05, 0) is 53.9 Å². The van der Waals surface area contributed by atoms with Gasteiger partial charge in [0.1, 0.15) is 11.6 Å². The summed E-state index contributed by atoms with van der Waals surface area (Å²) in [7, 11) is 0. The van der Waals surface area contributed by atoms with Gasteiger partial charge in [0.15, 0.2) is 0 Å². The minimum Gasteiger partial charge on any atom is -0.350 e. The first-order chi connectivity index (χ1) is 12.6. The largest absolute Gasteiger partial charge is 0.350 e. The van der Waals surface area contributed by atoms with Crippen molar-refractivity contribution in [2.24, 2.45) is 0 Å². The van der Waals surface area contributed by atoms with Crippen LogP contribution in [0.3, 0.4) is 0 Å². The van der Waals surface area contributed by atoms with Crippen LogP contribution in [0.15, 0.2) is 72.9 Å². The standard InChI is InChI=1S/C21H18F2N2O/c22-17-8-4-15(5-9-17)13-20(16-6-10-18(23)11-7-16)21(26)25-14-19-3-1-2-12-24-19/h1-12,20H,13-14H2,(H,25,26). The molecule has 0 spiro atoms. The molecule has 1 heterocycles. The normalized spacial score (nSPS) is 11.8. The molecule has 0 aliphatic heterocycles. The average molecular weight is 352 g/mol. The highest BCUT2D eigenvalue weighted by molar-refractivity contribution is 5.84. The molecule has 0 saturated carbocycles. The predicted molar refractivity (Wildman–Crippen MR) is 95.3 cm³/mol. The quantitative estimate of drug-likeness (QED) is 0.728. The molecule has 0 radical (unpaired) electrons. The SMILES string of the molecule is O=C(NCc1ccccn1)C(Cc1ccc(F)cc1)c1ccc(F)cc1. The van der Waals surface area contributed by atoms with Gasteiger partial charge in [0, 0.05) is 6.20 Å². The number of carbonyl (C=O) groups is 1. The molecule has 3 aromatic rings. The molecule has 0 fully saturated rings. The van der Waals surface area contributed by atoms with E-state index in [2.05, 4.69) is 10.3 Å². The second-order valence-electron chi connectivity index (χ2n) is 5.97. The third-order valence-corrected chi connectivity index (χ3v) is 4.11. The number of nitrogens with one attached hydrogen (secondary N) is 1. The highest BCUT2D eigenvalue weighted by atomic mass is 19.1. The van der Waals surface area contributed by atoms with Crippen molar-refractivity contribution in [2.75, 3.05) is 0 Å². The van der Waals surface area contributed by atoms with Crippen LogP contribution in [-0.2, 0) is 17.8 Å². The van der Waals surface area contributed by atoms with E-state index in [1.54, 1.807) is 36.5 Å². The minimum atomic E-state index is -0.509.